The predicted octanol–water partition coefficient (Wildman–Crippen LogP) is 1.08. The molecule has 0 N–H and O–H groups in total. The quantitative estimate of drug-likeness (QED) is 0.291. The van der Waals surface area contributed by atoms with Crippen molar-refractivity contribution in [2.75, 3.05) is 0 Å². The molecule has 0 atom stereocenters. The molecule has 2 aromatic rings. The molecule has 34 heavy (non-hydrogen) atoms. The number of hydrogen-bond acceptors (Lipinski definition) is 0. The second-order valence-corrected chi connectivity index (χ2v) is 15.2. The van der Waals surface area contributed by atoms with Gasteiger partial charge in [-0.25, -0.2) is 23.3 Å². The molecule has 180 valence electrons. The second-order valence-electron chi connectivity index (χ2n) is 7.93. The van der Waals surface area contributed by atoms with E-state index in [0.717, 1.165) is 12.8 Å². The number of halogens is 2. The molecular formula is C30H36Cl2HfSi-2. The van der Waals surface area contributed by atoms with Crippen molar-refractivity contribution in [3.8, 4) is 0 Å². The van der Waals surface area contributed by atoms with Crippen LogP contribution in [-0.4, -0.2) is 5.49 Å². The SMILES string of the molecule is CCCCC1=[C-]CC=C1.CCCCC1=[C-]CC=C1.[Cl-].[Cl-].[Hf+2]=[Si](c1ccccc1)c1ccccc1. The molecule has 0 bridgehead atoms. The zero-order valence-electron chi connectivity index (χ0n) is 20.5. The van der Waals surface area contributed by atoms with Crippen molar-refractivity contribution in [3.05, 3.63) is 108 Å². The molecule has 0 saturated heterocycles. The van der Waals surface area contributed by atoms with E-state index in [9.17, 15) is 0 Å². The summed E-state index contributed by atoms with van der Waals surface area (Å²) in [5, 5.41) is 3.07. The molecule has 0 nitrogen and oxygen atoms in total. The molecular weight excluding hydrogens is 638 g/mol. The number of rotatable bonds is 8. The zero-order valence-corrected chi connectivity index (χ0v) is 26.6. The third kappa shape index (κ3) is 13.8. The summed E-state index contributed by atoms with van der Waals surface area (Å²) >= 11 is 1.27. The molecule has 2 aromatic carbocycles. The van der Waals surface area contributed by atoms with Crippen LogP contribution in [0.4, 0.5) is 0 Å². The van der Waals surface area contributed by atoms with E-state index in [0.29, 0.717) is 0 Å². The first-order valence-corrected chi connectivity index (χ1v) is 18.8. The number of hydrogen-bond donors (Lipinski definition) is 0. The molecule has 0 radical (unpaired) electrons. The summed E-state index contributed by atoms with van der Waals surface area (Å²) in [7, 11) is 0. The first-order valence-electron chi connectivity index (χ1n) is 12.0. The van der Waals surface area contributed by atoms with Crippen LogP contribution in [0, 0.1) is 12.2 Å². The van der Waals surface area contributed by atoms with Crippen molar-refractivity contribution in [1.82, 2.24) is 0 Å². The van der Waals surface area contributed by atoms with Gasteiger partial charge in [0.15, 0.2) is 0 Å². The number of benzene rings is 2. The van der Waals surface area contributed by atoms with E-state index in [1.165, 1.54) is 83.0 Å². The fourth-order valence-electron chi connectivity index (χ4n) is 3.35. The van der Waals surface area contributed by atoms with E-state index in [2.05, 4.69) is 111 Å². The summed E-state index contributed by atoms with van der Waals surface area (Å²) in [6, 6.07) is 21.8. The van der Waals surface area contributed by atoms with E-state index < -0.39 is 5.49 Å². The molecule has 2 aliphatic rings. The van der Waals surface area contributed by atoms with Crippen LogP contribution < -0.4 is 35.2 Å². The summed E-state index contributed by atoms with van der Waals surface area (Å²) in [6.07, 6.45) is 25.1. The topological polar surface area (TPSA) is 0 Å². The second kappa shape index (κ2) is 21.4. The molecule has 0 saturated carbocycles. The summed E-state index contributed by atoms with van der Waals surface area (Å²) in [5.41, 5.74) is 2.42. The normalized spacial score (nSPS) is 12.7. The first kappa shape index (κ1) is 33.1. The van der Waals surface area contributed by atoms with Gasteiger partial charge in [0.2, 0.25) is 0 Å². The van der Waals surface area contributed by atoms with Crippen molar-refractivity contribution >= 4 is 15.9 Å². The third-order valence-corrected chi connectivity index (χ3v) is 13.3. The van der Waals surface area contributed by atoms with E-state index >= 15 is 0 Å². The molecule has 0 heterocycles. The standard InChI is InChI=1S/C12H10Si.2C9H13.2ClH.Hf/c1-3-7-11(8-4-1)13-12-9-5-2-6-10-12;2*1-2-3-6-9-7-4-5-8-9;;;/h1-10H;2*4,7H,2-3,5-6H2,1H3;2*1H;/q;2*-1;;;+2/p-2. The minimum atomic E-state index is -0.406. The van der Waals surface area contributed by atoms with Crippen LogP contribution in [0.2, 0.25) is 0 Å². The van der Waals surface area contributed by atoms with Gasteiger partial charge in [0, 0.05) is 0 Å². The Morgan fingerprint density at radius 3 is 1.35 bits per heavy atom. The van der Waals surface area contributed by atoms with Crippen molar-refractivity contribution in [2.24, 2.45) is 0 Å². The number of unbranched alkanes of at least 4 members (excludes halogenated alkanes) is 2. The Hall–Kier alpha value is -0.933. The van der Waals surface area contributed by atoms with Gasteiger partial charge in [-0.3, -0.25) is 12.2 Å². The third-order valence-electron chi connectivity index (χ3n) is 5.26. The Labute approximate surface area is 235 Å². The summed E-state index contributed by atoms with van der Waals surface area (Å²) in [6.45, 7) is 4.44. The van der Waals surface area contributed by atoms with Gasteiger partial charge < -0.3 is 24.8 Å². The van der Waals surface area contributed by atoms with Crippen LogP contribution in [0.15, 0.2) is 96.1 Å². The van der Waals surface area contributed by atoms with Crippen LogP contribution in [0.25, 0.3) is 0 Å². The van der Waals surface area contributed by atoms with E-state index in [-0.39, 0.29) is 24.8 Å². The van der Waals surface area contributed by atoms with Gasteiger partial charge in [0.1, 0.15) is 0 Å². The number of allylic oxidation sites excluding steroid dienone is 8. The Balaban J connectivity index is 0.000000485. The van der Waals surface area contributed by atoms with Crippen molar-refractivity contribution in [1.29, 1.82) is 0 Å². The molecule has 0 spiro atoms. The fraction of sp³-hybridized carbons (Fsp3) is 0.333. The van der Waals surface area contributed by atoms with E-state index in [1.807, 2.05) is 0 Å². The summed E-state index contributed by atoms with van der Waals surface area (Å²) in [5.74, 6) is 0. The molecule has 4 rings (SSSR count). The average Bonchev–Trinajstić information content (AvgIpc) is 3.57. The molecule has 4 heteroatoms. The monoisotopic (exact) mass is 674 g/mol. The van der Waals surface area contributed by atoms with Crippen LogP contribution in [0.5, 0.6) is 0 Å². The predicted molar refractivity (Wildman–Crippen MR) is 138 cm³/mol. The van der Waals surface area contributed by atoms with E-state index in [4.69, 9.17) is 0 Å². The maximum absolute atomic E-state index is 3.30. The fourth-order valence-corrected chi connectivity index (χ4v) is 8.33. The minimum absolute atomic E-state index is 0. The van der Waals surface area contributed by atoms with Gasteiger partial charge in [-0.05, 0) is 0 Å². The van der Waals surface area contributed by atoms with Gasteiger partial charge in [0.25, 0.3) is 0 Å². The van der Waals surface area contributed by atoms with Gasteiger partial charge in [-0.15, -0.1) is 12.8 Å². The van der Waals surface area contributed by atoms with Gasteiger partial charge in [-0.2, -0.15) is 12.2 Å². The Morgan fingerprint density at radius 2 is 1.06 bits per heavy atom. The Bertz CT molecular complexity index is 840. The van der Waals surface area contributed by atoms with Crippen LogP contribution in [-0.2, 0) is 23.0 Å². The van der Waals surface area contributed by atoms with Gasteiger partial charge in [-0.1, -0.05) is 52.4 Å². The first-order chi connectivity index (χ1) is 15.7. The van der Waals surface area contributed by atoms with Crippen LogP contribution in [0.3, 0.4) is 0 Å². The maximum atomic E-state index is 3.30. The molecule has 0 unspecified atom stereocenters. The van der Waals surface area contributed by atoms with Crippen LogP contribution >= 0.6 is 0 Å². The molecule has 0 fully saturated rings. The van der Waals surface area contributed by atoms with Gasteiger partial charge >= 0.3 is 99.5 Å². The van der Waals surface area contributed by atoms with Crippen LogP contribution in [0.1, 0.15) is 65.2 Å². The molecule has 0 aliphatic heterocycles. The Morgan fingerprint density at radius 1 is 0.676 bits per heavy atom. The van der Waals surface area contributed by atoms with E-state index in [1.54, 1.807) is 0 Å². The average molecular weight is 674 g/mol. The molecule has 0 aromatic heterocycles. The van der Waals surface area contributed by atoms with Crippen molar-refractivity contribution in [3.63, 3.8) is 0 Å². The zero-order chi connectivity index (χ0) is 22.9. The van der Waals surface area contributed by atoms with Crippen molar-refractivity contribution < 1.29 is 47.8 Å². The molecule has 0 amide bonds. The molecule has 2 aliphatic carbocycles. The van der Waals surface area contributed by atoms with Crippen molar-refractivity contribution in [2.45, 2.75) is 65.2 Å². The Kier molecular flexibility index (Phi) is 20.8. The summed E-state index contributed by atoms with van der Waals surface area (Å²) < 4.78 is 0. The van der Waals surface area contributed by atoms with Gasteiger partial charge in [0.05, 0.1) is 0 Å². The summed E-state index contributed by atoms with van der Waals surface area (Å²) in [4.78, 5) is 0.